The summed E-state index contributed by atoms with van der Waals surface area (Å²) in [6, 6.07) is 23.6. The number of methoxy groups -OCH3 is 2. The van der Waals surface area contributed by atoms with Crippen molar-refractivity contribution in [1.82, 2.24) is 29.5 Å². The number of H-pyrrole nitrogens is 1. The highest BCUT2D eigenvalue weighted by molar-refractivity contribution is 7.98. The van der Waals surface area contributed by atoms with Gasteiger partial charge in [0.05, 0.1) is 36.4 Å². The number of thioether (sulfide) groups is 1. The van der Waals surface area contributed by atoms with Gasteiger partial charge in [-0.05, 0) is 54.1 Å². The monoisotopic (exact) mass is 534 g/mol. The molecule has 0 spiro atoms. The maximum Gasteiger partial charge on any atom is 0.232 e. The Kier molecular flexibility index (Phi) is 5.66. The van der Waals surface area contributed by atoms with E-state index in [0.29, 0.717) is 28.7 Å². The normalized spacial score (nSPS) is 11.5. The van der Waals surface area contributed by atoms with Gasteiger partial charge in [-0.2, -0.15) is 0 Å². The molecular formula is C29H22N6O3S. The molecule has 4 heterocycles. The van der Waals surface area contributed by atoms with Crippen molar-refractivity contribution in [1.29, 1.82) is 0 Å². The molecule has 1 N–H and O–H groups in total. The van der Waals surface area contributed by atoms with Gasteiger partial charge in [0, 0.05) is 11.1 Å². The minimum Gasteiger partial charge on any atom is -0.497 e. The van der Waals surface area contributed by atoms with E-state index in [1.807, 2.05) is 72.8 Å². The fourth-order valence-corrected chi connectivity index (χ4v) is 5.35. The molecule has 10 heteroatoms. The van der Waals surface area contributed by atoms with E-state index in [-0.39, 0.29) is 0 Å². The first kappa shape index (κ1) is 23.3. The molecule has 0 aliphatic heterocycles. The van der Waals surface area contributed by atoms with Crippen molar-refractivity contribution >= 4 is 39.5 Å². The van der Waals surface area contributed by atoms with Crippen molar-refractivity contribution in [3.05, 3.63) is 84.9 Å². The Morgan fingerprint density at radius 2 is 1.59 bits per heavy atom. The molecule has 192 valence electrons. The summed E-state index contributed by atoms with van der Waals surface area (Å²) in [6.45, 7) is 0. The average Bonchev–Trinajstić information content (AvgIpc) is 3.70. The number of rotatable bonds is 7. The highest BCUT2D eigenvalue weighted by Gasteiger charge is 2.23. The fraction of sp³-hybridized carbons (Fsp3) is 0.103. The van der Waals surface area contributed by atoms with Crippen LogP contribution in [0.5, 0.6) is 11.5 Å². The van der Waals surface area contributed by atoms with E-state index >= 15 is 0 Å². The van der Waals surface area contributed by atoms with Gasteiger partial charge < -0.3 is 18.9 Å². The predicted molar refractivity (Wildman–Crippen MR) is 150 cm³/mol. The third-order valence-corrected chi connectivity index (χ3v) is 7.38. The molecule has 0 unspecified atom stereocenters. The Balaban J connectivity index is 1.34. The molecule has 0 saturated heterocycles. The molecule has 7 rings (SSSR count). The maximum absolute atomic E-state index is 6.37. The van der Waals surface area contributed by atoms with Crippen molar-refractivity contribution in [2.45, 2.75) is 10.9 Å². The summed E-state index contributed by atoms with van der Waals surface area (Å²) in [5, 5.41) is 6.32. The predicted octanol–water partition coefficient (Wildman–Crippen LogP) is 6.39. The van der Waals surface area contributed by atoms with Crippen molar-refractivity contribution in [2.75, 3.05) is 14.2 Å². The first-order valence-electron chi connectivity index (χ1n) is 12.2. The molecule has 4 aromatic heterocycles. The van der Waals surface area contributed by atoms with Crippen molar-refractivity contribution in [2.24, 2.45) is 0 Å². The van der Waals surface area contributed by atoms with Gasteiger partial charge >= 0.3 is 0 Å². The van der Waals surface area contributed by atoms with Crippen LogP contribution in [0.4, 0.5) is 0 Å². The van der Waals surface area contributed by atoms with E-state index < -0.39 is 0 Å². The van der Waals surface area contributed by atoms with Crippen molar-refractivity contribution < 1.29 is 13.9 Å². The lowest BCUT2D eigenvalue weighted by Gasteiger charge is -2.06. The number of ether oxygens (including phenoxy) is 2. The minimum atomic E-state index is 0.489. The van der Waals surface area contributed by atoms with E-state index in [0.717, 1.165) is 49.8 Å². The maximum atomic E-state index is 6.37. The van der Waals surface area contributed by atoms with Gasteiger partial charge in [0.25, 0.3) is 0 Å². The number of nitrogens with zero attached hydrogens (tertiary/aromatic N) is 5. The molecule has 0 fully saturated rings. The van der Waals surface area contributed by atoms with Gasteiger partial charge in [-0.3, -0.25) is 0 Å². The highest BCUT2D eigenvalue weighted by atomic mass is 32.2. The number of para-hydroxylation sites is 2. The molecule has 3 aromatic carbocycles. The van der Waals surface area contributed by atoms with E-state index in [1.54, 1.807) is 36.8 Å². The van der Waals surface area contributed by atoms with E-state index in [2.05, 4.69) is 15.0 Å². The van der Waals surface area contributed by atoms with Gasteiger partial charge in [-0.1, -0.05) is 36.0 Å². The van der Waals surface area contributed by atoms with Gasteiger partial charge in [0.2, 0.25) is 5.71 Å². The summed E-state index contributed by atoms with van der Waals surface area (Å²) in [5.74, 6) is 3.45. The number of furan rings is 1. The van der Waals surface area contributed by atoms with Crippen LogP contribution in [-0.4, -0.2) is 43.8 Å². The lowest BCUT2D eigenvalue weighted by atomic mass is 9.99. The largest absolute Gasteiger partial charge is 0.497 e. The molecule has 9 nitrogen and oxygen atoms in total. The summed E-state index contributed by atoms with van der Waals surface area (Å²) in [4.78, 5) is 17.5. The Hall–Kier alpha value is -4.83. The second kappa shape index (κ2) is 9.48. The molecule has 7 aromatic rings. The summed E-state index contributed by atoms with van der Waals surface area (Å²) in [6.07, 6.45) is 1.64. The number of aromatic nitrogens is 6. The summed E-state index contributed by atoms with van der Waals surface area (Å²) in [7, 11) is 3.30. The van der Waals surface area contributed by atoms with E-state index in [1.165, 1.54) is 0 Å². The zero-order valence-corrected chi connectivity index (χ0v) is 21.9. The molecule has 0 radical (unpaired) electrons. The average molecular weight is 535 g/mol. The smallest absolute Gasteiger partial charge is 0.232 e. The zero-order valence-electron chi connectivity index (χ0n) is 21.1. The number of benzene rings is 3. The Bertz CT molecular complexity index is 1910. The lowest BCUT2D eigenvalue weighted by molar-refractivity contribution is 0.414. The van der Waals surface area contributed by atoms with Crippen LogP contribution in [0.1, 0.15) is 5.82 Å². The molecule has 0 bridgehead atoms. The van der Waals surface area contributed by atoms with Gasteiger partial charge in [-0.25, -0.2) is 19.5 Å². The molecule has 0 aliphatic rings. The van der Waals surface area contributed by atoms with Crippen LogP contribution in [0.25, 0.3) is 50.2 Å². The Morgan fingerprint density at radius 1 is 0.872 bits per heavy atom. The standard InChI is InChI=1S/C29H22N6O3S/c1-36-19-11-7-17(8-12-19)24-25-27-33-23(15-39-29-31-21-5-3-4-6-22(21)32-29)34-35(27)16-30-28(25)38-26(24)18-9-13-20(37-2)14-10-18/h3-14,16H,15H2,1-2H3,(H,31,32). The molecular weight excluding hydrogens is 512 g/mol. The number of hydrogen-bond acceptors (Lipinski definition) is 8. The SMILES string of the molecule is COc1ccc(-c2oc3ncn4nc(CSc5nc6ccccc6[nH]5)nc4c3c2-c2ccc(OC)cc2)cc1. The molecule has 39 heavy (non-hydrogen) atoms. The quantitative estimate of drug-likeness (QED) is 0.235. The second-order valence-electron chi connectivity index (χ2n) is 8.83. The van der Waals surface area contributed by atoms with Crippen molar-refractivity contribution in [3.8, 4) is 33.9 Å². The fourth-order valence-electron chi connectivity index (χ4n) is 4.61. The van der Waals surface area contributed by atoms with Crippen LogP contribution in [0.15, 0.2) is 88.7 Å². The van der Waals surface area contributed by atoms with Gasteiger partial charge in [0.1, 0.15) is 23.6 Å². The Labute approximate surface area is 226 Å². The van der Waals surface area contributed by atoms with Crippen LogP contribution < -0.4 is 9.47 Å². The van der Waals surface area contributed by atoms with Crippen LogP contribution in [0.3, 0.4) is 0 Å². The van der Waals surface area contributed by atoms with Crippen LogP contribution in [-0.2, 0) is 5.75 Å². The molecule has 0 amide bonds. The third-order valence-electron chi connectivity index (χ3n) is 6.51. The molecule has 0 saturated carbocycles. The third kappa shape index (κ3) is 4.15. The van der Waals surface area contributed by atoms with E-state index in [9.17, 15) is 0 Å². The topological polar surface area (TPSA) is 103 Å². The summed E-state index contributed by atoms with van der Waals surface area (Å²) >= 11 is 1.56. The first-order valence-corrected chi connectivity index (χ1v) is 13.2. The zero-order chi connectivity index (χ0) is 26.3. The van der Waals surface area contributed by atoms with Crippen LogP contribution >= 0.6 is 11.8 Å². The summed E-state index contributed by atoms with van der Waals surface area (Å²) < 4.78 is 18.8. The van der Waals surface area contributed by atoms with Gasteiger partial charge in [0.15, 0.2) is 16.6 Å². The Morgan fingerprint density at radius 3 is 2.31 bits per heavy atom. The second-order valence-corrected chi connectivity index (χ2v) is 9.80. The number of imidazole rings is 1. The number of nitrogens with one attached hydrogen (secondary N) is 1. The number of hydrogen-bond donors (Lipinski definition) is 1. The van der Waals surface area contributed by atoms with E-state index in [4.69, 9.17) is 24.0 Å². The van der Waals surface area contributed by atoms with Crippen LogP contribution in [0, 0.1) is 0 Å². The summed E-state index contributed by atoms with van der Waals surface area (Å²) in [5.41, 5.74) is 5.84. The van der Waals surface area contributed by atoms with Crippen molar-refractivity contribution in [3.63, 3.8) is 0 Å². The highest BCUT2D eigenvalue weighted by Crippen LogP contribution is 2.42. The lowest BCUT2D eigenvalue weighted by Crippen LogP contribution is -1.91. The molecule has 0 aliphatic carbocycles. The number of aromatic amines is 1. The first-order chi connectivity index (χ1) is 19.2. The van der Waals surface area contributed by atoms with Gasteiger partial charge in [-0.15, -0.1) is 5.10 Å². The minimum absolute atomic E-state index is 0.489. The molecule has 0 atom stereocenters. The number of fused-ring (bicyclic) bond motifs is 4. The van der Waals surface area contributed by atoms with Crippen LogP contribution in [0.2, 0.25) is 0 Å².